The number of carbonyl (C=O) groups is 2. The van der Waals surface area contributed by atoms with Crippen LogP contribution in [0.15, 0.2) is 12.1 Å². The molecule has 10 heteroatoms. The molecule has 2 N–H and O–H groups in total. The largest absolute Gasteiger partial charge is 0.493 e. The van der Waals surface area contributed by atoms with Gasteiger partial charge in [-0.1, -0.05) is 0 Å². The van der Waals surface area contributed by atoms with Crippen molar-refractivity contribution >= 4 is 17.7 Å². The van der Waals surface area contributed by atoms with Crippen LogP contribution in [0.2, 0.25) is 0 Å². The van der Waals surface area contributed by atoms with Crippen LogP contribution in [0.3, 0.4) is 0 Å². The third-order valence-corrected chi connectivity index (χ3v) is 6.09. The van der Waals surface area contributed by atoms with Crippen LogP contribution in [-0.2, 0) is 9.47 Å². The zero-order chi connectivity index (χ0) is 22.1. The molecule has 0 radical (unpaired) electrons. The number of aliphatic hydroxyl groups is 1. The van der Waals surface area contributed by atoms with Crippen molar-refractivity contribution in [2.24, 2.45) is 0 Å². The van der Waals surface area contributed by atoms with E-state index < -0.39 is 30.8 Å². The lowest BCUT2D eigenvalue weighted by molar-refractivity contribution is -0.200. The molecule has 0 saturated carbocycles. The van der Waals surface area contributed by atoms with E-state index in [-0.39, 0.29) is 30.1 Å². The average molecular weight is 436 g/mol. The Hall–Kier alpha value is -2.56. The molecule has 10 nitrogen and oxygen atoms in total. The van der Waals surface area contributed by atoms with Crippen molar-refractivity contribution in [3.8, 4) is 11.5 Å². The van der Waals surface area contributed by atoms with Gasteiger partial charge in [-0.05, 0) is 38.2 Å². The van der Waals surface area contributed by atoms with Gasteiger partial charge < -0.3 is 34.1 Å². The number of piperidine rings is 1. The first-order valence-electron chi connectivity index (χ1n) is 10.5. The minimum Gasteiger partial charge on any atom is -0.493 e. The minimum absolute atomic E-state index is 0.153. The number of hydrogen-bond acceptors (Lipinski definition) is 7. The van der Waals surface area contributed by atoms with Gasteiger partial charge in [-0.25, -0.2) is 9.69 Å². The van der Waals surface area contributed by atoms with Crippen LogP contribution >= 0.6 is 0 Å². The maximum Gasteiger partial charge on any atom is 0.414 e. The Morgan fingerprint density at radius 1 is 1.16 bits per heavy atom. The molecule has 2 amide bonds. The zero-order valence-corrected chi connectivity index (χ0v) is 17.7. The van der Waals surface area contributed by atoms with Gasteiger partial charge in [0.2, 0.25) is 0 Å². The van der Waals surface area contributed by atoms with Crippen LogP contribution in [0.1, 0.15) is 42.5 Å². The van der Waals surface area contributed by atoms with Gasteiger partial charge >= 0.3 is 6.09 Å². The first kappa shape index (κ1) is 21.7. The number of carboxylic acid groups (broad SMARTS) is 1. The van der Waals surface area contributed by atoms with Crippen LogP contribution in [0.5, 0.6) is 11.5 Å². The quantitative estimate of drug-likeness (QED) is 0.736. The first-order chi connectivity index (χ1) is 14.9. The topological polar surface area (TPSA) is 118 Å². The van der Waals surface area contributed by atoms with Crippen LogP contribution < -0.4 is 14.4 Å². The number of nitrogens with zero attached hydrogens (tertiary/aromatic N) is 2. The molecule has 4 rings (SSSR count). The minimum atomic E-state index is -1.27. The summed E-state index contributed by atoms with van der Waals surface area (Å²) in [5, 5.41) is 20.5. The number of carbonyl (C=O) groups excluding carboxylic acids is 1. The third-order valence-electron chi connectivity index (χ3n) is 6.09. The highest BCUT2D eigenvalue weighted by Gasteiger charge is 2.47. The second-order valence-electron chi connectivity index (χ2n) is 7.94. The molecule has 3 heterocycles. The number of anilines is 1. The van der Waals surface area contributed by atoms with Crippen molar-refractivity contribution in [2.75, 3.05) is 32.3 Å². The number of ether oxygens (including phenoxy) is 4. The molecule has 170 valence electrons. The van der Waals surface area contributed by atoms with Crippen molar-refractivity contribution in [1.82, 2.24) is 4.90 Å². The standard InChI is InChI=1S/C21H28N2O8/c1-28-16-10-13-14(11-17(16)29-2)23(21(26)27)20(31-18-5-3-4-8-30-18)15-9-12(24)6-7-22(15)19(13)25/h10-12,15,18,20,24H,3-9H2,1-2H3,(H,26,27)/t12-,15?,18?,20?/m1/s1. The molecule has 31 heavy (non-hydrogen) atoms. The number of aliphatic hydroxyl groups excluding tert-OH is 1. The predicted octanol–water partition coefficient (Wildman–Crippen LogP) is 2.04. The van der Waals surface area contributed by atoms with E-state index in [1.165, 1.54) is 26.4 Å². The molecule has 0 bridgehead atoms. The molecule has 1 aromatic rings. The molecule has 2 fully saturated rings. The fourth-order valence-electron chi connectivity index (χ4n) is 4.54. The van der Waals surface area contributed by atoms with Crippen molar-refractivity contribution in [3.05, 3.63) is 17.7 Å². The molecular formula is C21H28N2O8. The highest BCUT2D eigenvalue weighted by Crippen LogP contribution is 2.41. The SMILES string of the molecule is COc1cc2c(cc1OC)N(C(=O)O)C(OC1CCCCO1)C1C[C@H](O)CCN1C2=O. The normalized spacial score (nSPS) is 28.4. The van der Waals surface area contributed by atoms with Crippen molar-refractivity contribution in [1.29, 1.82) is 0 Å². The van der Waals surface area contributed by atoms with Crippen LogP contribution in [0, 0.1) is 0 Å². The summed E-state index contributed by atoms with van der Waals surface area (Å²) in [6, 6.07) is 2.31. The number of fused-ring (bicyclic) bond motifs is 2. The molecule has 3 unspecified atom stereocenters. The van der Waals surface area contributed by atoms with Crippen molar-refractivity contribution in [3.63, 3.8) is 0 Å². The second kappa shape index (κ2) is 8.89. The van der Waals surface area contributed by atoms with Crippen LogP contribution in [0.4, 0.5) is 10.5 Å². The van der Waals surface area contributed by atoms with Crippen LogP contribution in [-0.4, -0.2) is 79.1 Å². The summed E-state index contributed by atoms with van der Waals surface area (Å²) in [4.78, 5) is 28.6. The van der Waals surface area contributed by atoms with Gasteiger partial charge in [0.05, 0.1) is 37.6 Å². The molecule has 1 aromatic carbocycles. The van der Waals surface area contributed by atoms with E-state index in [0.29, 0.717) is 30.9 Å². The summed E-state index contributed by atoms with van der Waals surface area (Å²) in [5.41, 5.74) is 0.331. The van der Waals surface area contributed by atoms with E-state index in [2.05, 4.69) is 0 Å². The van der Waals surface area contributed by atoms with Gasteiger partial charge in [-0.3, -0.25) is 4.79 Å². The molecule has 3 aliphatic heterocycles. The number of methoxy groups -OCH3 is 2. The molecule has 0 aromatic heterocycles. The molecule has 0 spiro atoms. The average Bonchev–Trinajstić information content (AvgIpc) is 2.86. The number of rotatable bonds is 4. The third kappa shape index (κ3) is 4.02. The Balaban J connectivity index is 1.85. The number of benzene rings is 1. The molecule has 0 aliphatic carbocycles. The van der Waals surface area contributed by atoms with E-state index in [9.17, 15) is 19.8 Å². The van der Waals surface area contributed by atoms with E-state index in [0.717, 1.165) is 17.7 Å². The van der Waals surface area contributed by atoms with Gasteiger partial charge in [0.15, 0.2) is 24.0 Å². The lowest BCUT2D eigenvalue weighted by Gasteiger charge is -2.43. The highest BCUT2D eigenvalue weighted by molar-refractivity contribution is 6.05. The zero-order valence-electron chi connectivity index (χ0n) is 17.7. The van der Waals surface area contributed by atoms with Gasteiger partial charge in [-0.2, -0.15) is 0 Å². The van der Waals surface area contributed by atoms with Crippen molar-refractivity contribution < 1.29 is 38.7 Å². The summed E-state index contributed by atoms with van der Waals surface area (Å²) >= 11 is 0. The molecule has 2 saturated heterocycles. The maximum absolute atomic E-state index is 13.5. The molecule has 4 atom stereocenters. The Kier molecular flexibility index (Phi) is 6.22. The lowest BCUT2D eigenvalue weighted by atomic mass is 9.97. The van der Waals surface area contributed by atoms with Gasteiger partial charge in [0.1, 0.15) is 0 Å². The van der Waals surface area contributed by atoms with Gasteiger partial charge in [-0.15, -0.1) is 0 Å². The fourth-order valence-corrected chi connectivity index (χ4v) is 4.54. The molecular weight excluding hydrogens is 408 g/mol. The van der Waals surface area contributed by atoms with Crippen molar-refractivity contribution in [2.45, 2.75) is 56.8 Å². The smallest absolute Gasteiger partial charge is 0.414 e. The summed E-state index contributed by atoms with van der Waals surface area (Å²) in [7, 11) is 2.89. The lowest BCUT2D eigenvalue weighted by Crippen LogP contribution is -2.59. The Labute approximate surface area is 180 Å². The van der Waals surface area contributed by atoms with E-state index >= 15 is 0 Å². The summed E-state index contributed by atoms with van der Waals surface area (Å²) in [5.74, 6) is 0.283. The van der Waals surface area contributed by atoms with E-state index in [1.807, 2.05) is 0 Å². The van der Waals surface area contributed by atoms with Gasteiger partial charge in [0.25, 0.3) is 5.91 Å². The second-order valence-corrected chi connectivity index (χ2v) is 7.94. The summed E-state index contributed by atoms with van der Waals surface area (Å²) < 4.78 is 22.6. The Bertz CT molecular complexity index is 841. The fraction of sp³-hybridized carbons (Fsp3) is 0.619. The van der Waals surface area contributed by atoms with Crippen LogP contribution in [0.25, 0.3) is 0 Å². The van der Waals surface area contributed by atoms with E-state index in [4.69, 9.17) is 18.9 Å². The number of amides is 2. The predicted molar refractivity (Wildman–Crippen MR) is 109 cm³/mol. The summed E-state index contributed by atoms with van der Waals surface area (Å²) in [6.45, 7) is 0.819. The Morgan fingerprint density at radius 2 is 1.90 bits per heavy atom. The maximum atomic E-state index is 13.5. The highest BCUT2D eigenvalue weighted by atomic mass is 16.7. The van der Waals surface area contributed by atoms with Gasteiger partial charge in [0, 0.05) is 19.2 Å². The monoisotopic (exact) mass is 436 g/mol. The van der Waals surface area contributed by atoms with E-state index in [1.54, 1.807) is 4.90 Å². The molecule has 3 aliphatic rings. The first-order valence-corrected chi connectivity index (χ1v) is 10.5. The summed E-state index contributed by atoms with van der Waals surface area (Å²) in [6.07, 6.45) is -0.498. The number of hydrogen-bond donors (Lipinski definition) is 2. The Morgan fingerprint density at radius 3 is 2.55 bits per heavy atom.